The zero-order valence-corrected chi connectivity index (χ0v) is 18.4. The van der Waals surface area contributed by atoms with Gasteiger partial charge in [0.15, 0.2) is 13.2 Å². The normalized spacial score (nSPS) is 11.1. The molecule has 0 heterocycles. The number of amides is 1. The van der Waals surface area contributed by atoms with Gasteiger partial charge in [-0.1, -0.05) is 46.9 Å². The van der Waals surface area contributed by atoms with E-state index in [-0.39, 0.29) is 32.3 Å². The van der Waals surface area contributed by atoms with Gasteiger partial charge in [-0.05, 0) is 30.2 Å². The van der Waals surface area contributed by atoms with E-state index in [9.17, 15) is 18.0 Å². The minimum Gasteiger partial charge on any atom is -0.480 e. The molecule has 0 aliphatic carbocycles. The maximum atomic E-state index is 11.8. The molecular formula is C18H17Cl3N2O6S. The molecule has 12 heteroatoms. The molecule has 0 aliphatic rings. The van der Waals surface area contributed by atoms with Crippen LogP contribution in [0.15, 0.2) is 41.3 Å². The van der Waals surface area contributed by atoms with E-state index in [4.69, 9.17) is 49.4 Å². The molecule has 0 aromatic heterocycles. The Labute approximate surface area is 188 Å². The smallest absolute Gasteiger partial charge is 0.344 e. The fourth-order valence-electron chi connectivity index (χ4n) is 2.18. The average Bonchev–Trinajstić information content (AvgIpc) is 2.68. The van der Waals surface area contributed by atoms with Crippen LogP contribution in [0.2, 0.25) is 15.1 Å². The van der Waals surface area contributed by atoms with Crippen molar-refractivity contribution < 1.29 is 27.5 Å². The first-order valence-electron chi connectivity index (χ1n) is 8.37. The molecule has 0 fully saturated rings. The number of carbonyl (C=O) groups excluding carboxylic acids is 2. The maximum Gasteiger partial charge on any atom is 0.344 e. The molecule has 162 valence electrons. The van der Waals surface area contributed by atoms with E-state index in [1.807, 2.05) is 0 Å². The number of hydrogen-bond donors (Lipinski definition) is 2. The Kier molecular flexibility index (Phi) is 8.75. The largest absolute Gasteiger partial charge is 0.480 e. The van der Waals surface area contributed by atoms with E-state index in [1.165, 1.54) is 24.3 Å². The molecule has 0 unspecified atom stereocenters. The highest BCUT2D eigenvalue weighted by Crippen LogP contribution is 2.33. The van der Waals surface area contributed by atoms with Crippen molar-refractivity contribution in [1.29, 1.82) is 0 Å². The van der Waals surface area contributed by atoms with Gasteiger partial charge in [-0.15, -0.1) is 0 Å². The lowest BCUT2D eigenvalue weighted by Crippen LogP contribution is -2.31. The van der Waals surface area contributed by atoms with Crippen LogP contribution in [0.4, 0.5) is 0 Å². The number of primary sulfonamides is 1. The van der Waals surface area contributed by atoms with E-state index in [0.717, 1.165) is 5.56 Å². The molecule has 2 aromatic carbocycles. The predicted octanol–water partition coefficient (Wildman–Crippen LogP) is 2.58. The van der Waals surface area contributed by atoms with Crippen molar-refractivity contribution in [3.8, 4) is 5.75 Å². The first-order valence-corrected chi connectivity index (χ1v) is 11.1. The third kappa shape index (κ3) is 7.66. The maximum absolute atomic E-state index is 11.8. The van der Waals surface area contributed by atoms with Crippen molar-refractivity contribution in [2.24, 2.45) is 5.14 Å². The van der Waals surface area contributed by atoms with E-state index in [1.54, 1.807) is 12.1 Å². The monoisotopic (exact) mass is 494 g/mol. The molecule has 0 saturated carbocycles. The molecule has 0 bridgehead atoms. The summed E-state index contributed by atoms with van der Waals surface area (Å²) >= 11 is 17.6. The molecule has 1 amide bonds. The Morgan fingerprint density at radius 3 is 2.23 bits per heavy atom. The summed E-state index contributed by atoms with van der Waals surface area (Å²) in [5.74, 6) is -1.12. The summed E-state index contributed by atoms with van der Waals surface area (Å²) in [6.07, 6.45) is 0.448. The molecule has 0 spiro atoms. The molecule has 0 radical (unpaired) electrons. The van der Waals surface area contributed by atoms with E-state index < -0.39 is 35.1 Å². The lowest BCUT2D eigenvalue weighted by molar-refractivity contribution is -0.150. The van der Waals surface area contributed by atoms with Crippen molar-refractivity contribution in [2.75, 3.05) is 19.8 Å². The van der Waals surface area contributed by atoms with E-state index in [0.29, 0.717) is 6.42 Å². The van der Waals surface area contributed by atoms with Crippen LogP contribution in [-0.2, 0) is 30.8 Å². The number of esters is 1. The number of halogens is 3. The Balaban J connectivity index is 1.69. The third-order valence-electron chi connectivity index (χ3n) is 3.67. The molecule has 0 aliphatic heterocycles. The highest BCUT2D eigenvalue weighted by Gasteiger charge is 2.12. The predicted molar refractivity (Wildman–Crippen MR) is 112 cm³/mol. The van der Waals surface area contributed by atoms with Gasteiger partial charge in [0.05, 0.1) is 20.0 Å². The summed E-state index contributed by atoms with van der Waals surface area (Å²) < 4.78 is 32.4. The van der Waals surface area contributed by atoms with Crippen LogP contribution in [0.5, 0.6) is 5.75 Å². The minimum absolute atomic E-state index is 0.00609. The molecule has 0 atom stereocenters. The Hall–Kier alpha value is -2.04. The summed E-state index contributed by atoms with van der Waals surface area (Å²) in [7, 11) is -3.75. The topological polar surface area (TPSA) is 125 Å². The van der Waals surface area contributed by atoms with Gasteiger partial charge < -0.3 is 14.8 Å². The van der Waals surface area contributed by atoms with E-state index >= 15 is 0 Å². The van der Waals surface area contributed by atoms with Gasteiger partial charge in [0.2, 0.25) is 10.0 Å². The van der Waals surface area contributed by atoms with Crippen LogP contribution in [0.25, 0.3) is 0 Å². The number of ether oxygens (including phenoxy) is 2. The van der Waals surface area contributed by atoms with Crippen LogP contribution in [0.3, 0.4) is 0 Å². The zero-order valence-electron chi connectivity index (χ0n) is 15.4. The number of sulfonamides is 1. The molecule has 2 rings (SSSR count). The molecule has 30 heavy (non-hydrogen) atoms. The second-order valence-corrected chi connectivity index (χ2v) is 8.72. The number of hydrogen-bond acceptors (Lipinski definition) is 6. The number of carbonyl (C=O) groups is 2. The summed E-state index contributed by atoms with van der Waals surface area (Å²) in [4.78, 5) is 23.5. The van der Waals surface area contributed by atoms with Gasteiger partial charge >= 0.3 is 5.97 Å². The first kappa shape index (κ1) is 24.2. The highest BCUT2D eigenvalue weighted by molar-refractivity contribution is 7.89. The molecular weight excluding hydrogens is 479 g/mol. The van der Waals surface area contributed by atoms with Crippen molar-refractivity contribution >= 4 is 56.7 Å². The highest BCUT2D eigenvalue weighted by atomic mass is 35.5. The van der Waals surface area contributed by atoms with Gasteiger partial charge in [0, 0.05) is 12.6 Å². The van der Waals surface area contributed by atoms with Gasteiger partial charge in [0.1, 0.15) is 5.75 Å². The second kappa shape index (κ2) is 10.8. The third-order valence-corrected chi connectivity index (χ3v) is 5.62. The fourth-order valence-corrected chi connectivity index (χ4v) is 3.29. The van der Waals surface area contributed by atoms with Crippen molar-refractivity contribution in [1.82, 2.24) is 5.32 Å². The van der Waals surface area contributed by atoms with Gasteiger partial charge in [0.25, 0.3) is 5.91 Å². The molecule has 0 saturated heterocycles. The Morgan fingerprint density at radius 1 is 0.967 bits per heavy atom. The second-order valence-electron chi connectivity index (χ2n) is 5.94. The zero-order chi connectivity index (χ0) is 22.3. The van der Waals surface area contributed by atoms with E-state index in [2.05, 4.69) is 5.32 Å². The van der Waals surface area contributed by atoms with Crippen molar-refractivity contribution in [2.45, 2.75) is 11.3 Å². The molecule has 3 N–H and O–H groups in total. The summed E-state index contributed by atoms with van der Waals surface area (Å²) in [5, 5.41) is 8.23. The van der Waals surface area contributed by atoms with Gasteiger partial charge in [-0.2, -0.15) is 0 Å². The minimum atomic E-state index is -3.75. The van der Waals surface area contributed by atoms with Gasteiger partial charge in [-0.25, -0.2) is 18.4 Å². The quantitative estimate of drug-likeness (QED) is 0.407. The number of rotatable bonds is 9. The van der Waals surface area contributed by atoms with Crippen LogP contribution >= 0.6 is 34.8 Å². The van der Waals surface area contributed by atoms with Crippen LogP contribution < -0.4 is 15.2 Å². The SMILES string of the molecule is NS(=O)(=O)c1ccc(CCNC(=O)COC(=O)COc2cc(Cl)c(Cl)cc2Cl)cc1. The first-order chi connectivity index (χ1) is 14.1. The summed E-state index contributed by atoms with van der Waals surface area (Å²) in [5.41, 5.74) is 0.798. The lowest BCUT2D eigenvalue weighted by Gasteiger charge is -2.10. The van der Waals surface area contributed by atoms with Crippen molar-refractivity contribution in [3.05, 3.63) is 57.0 Å². The number of benzene rings is 2. The standard InChI is InChI=1S/C18H17Cl3N2O6S/c19-13-7-15(21)16(8-14(13)20)28-10-18(25)29-9-17(24)23-6-5-11-1-3-12(4-2-11)30(22,26)27/h1-4,7-8H,5-6,9-10H2,(H,23,24)(H2,22,26,27). The lowest BCUT2D eigenvalue weighted by atomic mass is 10.1. The molecule has 8 nitrogen and oxygen atoms in total. The van der Waals surface area contributed by atoms with Gasteiger partial charge in [-0.3, -0.25) is 4.79 Å². The average molecular weight is 496 g/mol. The number of nitrogens with two attached hydrogens (primary N) is 1. The Morgan fingerprint density at radius 2 is 1.60 bits per heavy atom. The Bertz CT molecular complexity index is 1030. The summed E-state index contributed by atoms with van der Waals surface area (Å²) in [6, 6.07) is 8.70. The van der Waals surface area contributed by atoms with Crippen LogP contribution in [-0.4, -0.2) is 40.1 Å². The van der Waals surface area contributed by atoms with Crippen LogP contribution in [0.1, 0.15) is 5.56 Å². The summed E-state index contributed by atoms with van der Waals surface area (Å²) in [6.45, 7) is -0.691. The molecule has 2 aromatic rings. The fraction of sp³-hybridized carbons (Fsp3) is 0.222. The number of nitrogens with one attached hydrogen (secondary N) is 1. The van der Waals surface area contributed by atoms with Crippen LogP contribution in [0, 0.1) is 0 Å². The van der Waals surface area contributed by atoms with Crippen molar-refractivity contribution in [3.63, 3.8) is 0 Å².